The minimum Gasteiger partial charge on any atom is -0.354 e. The number of hydrogen-bond donors (Lipinski definition) is 1. The summed E-state index contributed by atoms with van der Waals surface area (Å²) in [6.45, 7) is 0.206. The molecule has 1 N–H and O–H groups in total. The molecule has 0 aromatic heterocycles. The lowest BCUT2D eigenvalue weighted by Crippen LogP contribution is -2.42. The van der Waals surface area contributed by atoms with Gasteiger partial charge in [0.2, 0.25) is 5.91 Å². The van der Waals surface area contributed by atoms with Crippen molar-refractivity contribution in [2.75, 3.05) is 17.4 Å². The molecule has 0 radical (unpaired) electrons. The summed E-state index contributed by atoms with van der Waals surface area (Å²) in [6, 6.07) is 24.0. The fourth-order valence-corrected chi connectivity index (χ4v) is 5.08. The van der Waals surface area contributed by atoms with Crippen LogP contribution in [0.4, 0.5) is 5.69 Å². The number of fused-ring (bicyclic) bond motifs is 3. The van der Waals surface area contributed by atoms with E-state index in [2.05, 4.69) is 5.32 Å². The highest BCUT2D eigenvalue weighted by atomic mass is 32.2. The molecule has 0 atom stereocenters. The Kier molecular flexibility index (Phi) is 4.88. The SMILES string of the molecule is O=C(CN1c2ccccc2-c2ccccc2S1(=O)=O)NCCc1ccccc1. The minimum absolute atomic E-state index is 0.228. The lowest BCUT2D eigenvalue weighted by molar-refractivity contribution is -0.119. The smallest absolute Gasteiger partial charge is 0.265 e. The molecule has 0 saturated carbocycles. The lowest BCUT2D eigenvalue weighted by Gasteiger charge is -2.31. The number of rotatable bonds is 5. The highest BCUT2D eigenvalue weighted by molar-refractivity contribution is 7.93. The van der Waals surface area contributed by atoms with Crippen LogP contribution < -0.4 is 9.62 Å². The van der Waals surface area contributed by atoms with Crippen molar-refractivity contribution in [3.8, 4) is 11.1 Å². The molecule has 5 nitrogen and oxygen atoms in total. The fraction of sp³-hybridized carbons (Fsp3) is 0.136. The van der Waals surface area contributed by atoms with E-state index in [0.29, 0.717) is 24.2 Å². The molecule has 0 bridgehead atoms. The normalized spacial score (nSPS) is 14.1. The zero-order valence-electron chi connectivity index (χ0n) is 15.2. The Bertz CT molecular complexity index is 1110. The second-order valence-electron chi connectivity index (χ2n) is 6.61. The van der Waals surface area contributed by atoms with Gasteiger partial charge in [0.1, 0.15) is 6.54 Å². The molecule has 6 heteroatoms. The van der Waals surface area contributed by atoms with Gasteiger partial charge in [0.25, 0.3) is 10.0 Å². The molecule has 142 valence electrons. The first-order chi connectivity index (χ1) is 13.6. The van der Waals surface area contributed by atoms with E-state index in [0.717, 1.165) is 11.1 Å². The van der Waals surface area contributed by atoms with Crippen molar-refractivity contribution in [3.63, 3.8) is 0 Å². The maximum absolute atomic E-state index is 13.1. The lowest BCUT2D eigenvalue weighted by atomic mass is 10.0. The second-order valence-corrected chi connectivity index (χ2v) is 8.44. The monoisotopic (exact) mass is 392 g/mol. The van der Waals surface area contributed by atoms with E-state index in [1.165, 1.54) is 4.31 Å². The molecule has 1 aliphatic rings. The molecular formula is C22H20N2O3S. The van der Waals surface area contributed by atoms with Crippen molar-refractivity contribution in [1.29, 1.82) is 0 Å². The van der Waals surface area contributed by atoms with Crippen molar-refractivity contribution in [1.82, 2.24) is 5.32 Å². The molecule has 3 aromatic rings. The molecule has 1 amide bonds. The van der Waals surface area contributed by atoms with Crippen LogP contribution in [0.3, 0.4) is 0 Å². The van der Waals surface area contributed by atoms with Gasteiger partial charge in [0.15, 0.2) is 0 Å². The molecule has 4 rings (SSSR count). The molecule has 0 fully saturated rings. The van der Waals surface area contributed by atoms with Crippen LogP contribution >= 0.6 is 0 Å². The van der Waals surface area contributed by atoms with Gasteiger partial charge in [0.05, 0.1) is 10.6 Å². The largest absolute Gasteiger partial charge is 0.354 e. The van der Waals surface area contributed by atoms with Crippen molar-refractivity contribution < 1.29 is 13.2 Å². The first-order valence-corrected chi connectivity index (χ1v) is 10.5. The zero-order chi connectivity index (χ0) is 19.6. The minimum atomic E-state index is -3.80. The molecule has 0 spiro atoms. The number of anilines is 1. The fourth-order valence-electron chi connectivity index (χ4n) is 3.43. The number of nitrogens with one attached hydrogen (secondary N) is 1. The van der Waals surface area contributed by atoms with E-state index in [-0.39, 0.29) is 17.3 Å². The van der Waals surface area contributed by atoms with Gasteiger partial charge in [0, 0.05) is 17.7 Å². The van der Waals surface area contributed by atoms with Gasteiger partial charge in [-0.3, -0.25) is 9.10 Å². The Morgan fingerprint density at radius 1 is 0.821 bits per heavy atom. The average molecular weight is 392 g/mol. The van der Waals surface area contributed by atoms with Gasteiger partial charge in [-0.25, -0.2) is 8.42 Å². The molecule has 0 aliphatic carbocycles. The number of sulfonamides is 1. The van der Waals surface area contributed by atoms with Gasteiger partial charge in [-0.2, -0.15) is 0 Å². The van der Waals surface area contributed by atoms with Crippen molar-refractivity contribution in [2.45, 2.75) is 11.3 Å². The summed E-state index contributed by atoms with van der Waals surface area (Å²) in [7, 11) is -3.80. The zero-order valence-corrected chi connectivity index (χ0v) is 16.0. The molecule has 3 aromatic carbocycles. The maximum atomic E-state index is 13.1. The molecule has 28 heavy (non-hydrogen) atoms. The van der Waals surface area contributed by atoms with Crippen molar-refractivity contribution in [2.24, 2.45) is 0 Å². The molecule has 0 saturated heterocycles. The summed E-state index contributed by atoms with van der Waals surface area (Å²) >= 11 is 0. The topological polar surface area (TPSA) is 66.5 Å². The molecule has 1 heterocycles. The Balaban J connectivity index is 1.55. The van der Waals surface area contributed by atoms with Crippen LogP contribution in [0.2, 0.25) is 0 Å². The van der Waals surface area contributed by atoms with Crippen LogP contribution in [0.5, 0.6) is 0 Å². The first kappa shape index (κ1) is 18.3. The van der Waals surface area contributed by atoms with E-state index in [1.807, 2.05) is 48.5 Å². The quantitative estimate of drug-likeness (QED) is 0.725. The number of para-hydroxylation sites is 1. The van der Waals surface area contributed by atoms with Gasteiger partial charge in [-0.05, 0) is 24.1 Å². The van der Waals surface area contributed by atoms with Crippen LogP contribution in [-0.2, 0) is 21.2 Å². The third kappa shape index (κ3) is 3.39. The average Bonchev–Trinajstić information content (AvgIpc) is 2.72. The van der Waals surface area contributed by atoms with E-state index in [9.17, 15) is 13.2 Å². The standard InChI is InChI=1S/C22H20N2O3S/c25-22(23-15-14-17-8-2-1-3-9-17)16-24-20-12-6-4-10-18(20)19-11-5-7-13-21(19)28(24,26)27/h1-13H,14-16H2,(H,23,25). The van der Waals surface area contributed by atoms with Gasteiger partial charge >= 0.3 is 0 Å². The predicted octanol–water partition coefficient (Wildman–Crippen LogP) is 3.22. The Labute approximate surface area is 164 Å². The summed E-state index contributed by atoms with van der Waals surface area (Å²) < 4.78 is 27.5. The van der Waals surface area contributed by atoms with Crippen LogP contribution in [0.15, 0.2) is 83.8 Å². The third-order valence-electron chi connectivity index (χ3n) is 4.78. The summed E-state index contributed by atoms with van der Waals surface area (Å²) in [5.74, 6) is -0.325. The Morgan fingerprint density at radius 2 is 1.46 bits per heavy atom. The van der Waals surface area contributed by atoms with E-state index in [1.54, 1.807) is 30.3 Å². The van der Waals surface area contributed by atoms with Gasteiger partial charge in [-0.15, -0.1) is 0 Å². The third-order valence-corrected chi connectivity index (χ3v) is 6.60. The van der Waals surface area contributed by atoms with Gasteiger partial charge < -0.3 is 5.32 Å². The van der Waals surface area contributed by atoms with Gasteiger partial charge in [-0.1, -0.05) is 66.7 Å². The van der Waals surface area contributed by atoms with Crippen molar-refractivity contribution >= 4 is 21.6 Å². The van der Waals surface area contributed by atoms with E-state index >= 15 is 0 Å². The summed E-state index contributed by atoms with van der Waals surface area (Å²) in [4.78, 5) is 12.7. The number of hydrogen-bond acceptors (Lipinski definition) is 3. The second kappa shape index (κ2) is 7.48. The number of carbonyl (C=O) groups is 1. The summed E-state index contributed by atoms with van der Waals surface area (Å²) in [5.41, 5.74) is 3.12. The number of nitrogens with zero attached hydrogens (tertiary/aromatic N) is 1. The van der Waals surface area contributed by atoms with E-state index < -0.39 is 10.0 Å². The number of carbonyl (C=O) groups excluding carboxylic acids is 1. The summed E-state index contributed by atoms with van der Waals surface area (Å²) in [5, 5.41) is 2.83. The van der Waals surface area contributed by atoms with Crippen molar-refractivity contribution in [3.05, 3.63) is 84.4 Å². The molecular weight excluding hydrogens is 372 g/mol. The first-order valence-electron chi connectivity index (χ1n) is 9.09. The highest BCUT2D eigenvalue weighted by Crippen LogP contribution is 2.42. The Hall–Kier alpha value is -3.12. The number of benzene rings is 3. The maximum Gasteiger partial charge on any atom is 0.265 e. The highest BCUT2D eigenvalue weighted by Gasteiger charge is 2.35. The van der Waals surface area contributed by atoms with E-state index in [4.69, 9.17) is 0 Å². The van der Waals surface area contributed by atoms with Crippen LogP contribution in [0, 0.1) is 0 Å². The summed E-state index contributed by atoms with van der Waals surface area (Å²) in [6.07, 6.45) is 0.693. The van der Waals surface area contributed by atoms with Crippen LogP contribution in [-0.4, -0.2) is 27.4 Å². The Morgan fingerprint density at radius 3 is 2.25 bits per heavy atom. The molecule has 1 aliphatic heterocycles. The van der Waals surface area contributed by atoms with Crippen LogP contribution in [0.25, 0.3) is 11.1 Å². The predicted molar refractivity (Wildman–Crippen MR) is 110 cm³/mol. The van der Waals surface area contributed by atoms with Crippen LogP contribution in [0.1, 0.15) is 5.56 Å². The number of amides is 1. The molecule has 0 unspecified atom stereocenters.